The van der Waals surface area contributed by atoms with E-state index in [0.717, 1.165) is 13.8 Å². The Labute approximate surface area is 162 Å². The monoisotopic (exact) mass is 470 g/mol. The fraction of sp³-hybridized carbons (Fsp3) is 0.167. The molecular weight excluding hydrogens is 456 g/mol. The Balaban J connectivity index is 1.98. The van der Waals surface area contributed by atoms with Crippen molar-refractivity contribution < 1.29 is 14.6 Å². The van der Waals surface area contributed by atoms with Crippen LogP contribution in [0.1, 0.15) is 0 Å². The number of carboxylic acids is 1. The maximum absolute atomic E-state index is 11.3. The van der Waals surface area contributed by atoms with Gasteiger partial charge in [-0.05, 0) is 48.5 Å². The molecule has 0 amide bonds. The smallest absolute Gasteiger partial charge is 0.331 e. The van der Waals surface area contributed by atoms with Crippen molar-refractivity contribution in [2.75, 3.05) is 12.4 Å². The van der Waals surface area contributed by atoms with Gasteiger partial charge in [0.05, 0.1) is 6.61 Å². The zero-order valence-corrected chi connectivity index (χ0v) is 16.7. The molecule has 0 bridgehead atoms. The van der Waals surface area contributed by atoms with Gasteiger partial charge < -0.3 is 9.84 Å². The van der Waals surface area contributed by atoms with Crippen LogP contribution in [-0.4, -0.2) is 23.4 Å². The van der Waals surface area contributed by atoms with Crippen LogP contribution in [0.3, 0.4) is 0 Å². The van der Waals surface area contributed by atoms with Gasteiger partial charge in [-0.15, -0.1) is 11.8 Å². The summed E-state index contributed by atoms with van der Waals surface area (Å²) in [6, 6.07) is 15.3. The Hall–Kier alpha value is -1.24. The molecule has 0 heterocycles. The second-order valence-electron chi connectivity index (χ2n) is 5.06. The highest BCUT2D eigenvalue weighted by Crippen LogP contribution is 2.26. The number of benzene rings is 2. The van der Waals surface area contributed by atoms with E-state index in [0.29, 0.717) is 11.5 Å². The van der Waals surface area contributed by atoms with E-state index in [-0.39, 0.29) is 18.1 Å². The fourth-order valence-corrected chi connectivity index (χ4v) is 3.43. The van der Waals surface area contributed by atoms with E-state index in [1.807, 2.05) is 48.5 Å². The molecule has 0 saturated carbocycles. The van der Waals surface area contributed by atoms with Gasteiger partial charge in [0.1, 0.15) is 5.75 Å². The molecule has 0 spiro atoms. The lowest BCUT2D eigenvalue weighted by Gasteiger charge is -2.17. The summed E-state index contributed by atoms with van der Waals surface area (Å²) in [5.74, 6) is 0.0224. The molecule has 126 valence electrons. The Morgan fingerprint density at radius 2 is 1.62 bits per heavy atom. The van der Waals surface area contributed by atoms with Crippen LogP contribution in [0.15, 0.2) is 74.5 Å². The Morgan fingerprint density at radius 3 is 2.17 bits per heavy atom. The first-order chi connectivity index (χ1) is 11.5. The zero-order valence-electron chi connectivity index (χ0n) is 12.7. The van der Waals surface area contributed by atoms with E-state index in [1.165, 1.54) is 0 Å². The summed E-state index contributed by atoms with van der Waals surface area (Å²) in [4.78, 5) is 12.4. The van der Waals surface area contributed by atoms with Gasteiger partial charge in [-0.1, -0.05) is 38.4 Å². The summed E-state index contributed by atoms with van der Waals surface area (Å²) in [6.45, 7) is 3.97. The van der Waals surface area contributed by atoms with Crippen LogP contribution in [-0.2, 0) is 4.79 Å². The lowest BCUT2D eigenvalue weighted by molar-refractivity contribution is -0.133. The van der Waals surface area contributed by atoms with Gasteiger partial charge in [-0.25, -0.2) is 4.79 Å². The van der Waals surface area contributed by atoms with E-state index in [4.69, 9.17) is 4.74 Å². The normalized spacial score (nSPS) is 11.8. The third-order valence-electron chi connectivity index (χ3n) is 3.30. The Kier molecular flexibility index (Phi) is 7.40. The third kappa shape index (κ3) is 6.00. The first-order valence-corrected chi connectivity index (χ1v) is 9.71. The van der Waals surface area contributed by atoms with Gasteiger partial charge >= 0.3 is 5.97 Å². The van der Waals surface area contributed by atoms with Crippen LogP contribution in [0, 0.1) is 5.92 Å². The molecule has 0 saturated heterocycles. The minimum atomic E-state index is -0.990. The molecule has 3 nitrogen and oxygen atoms in total. The minimum Gasteiger partial charge on any atom is -0.493 e. The number of hydrogen-bond acceptors (Lipinski definition) is 3. The number of ether oxygens (including phenoxy) is 1. The SMILES string of the molecule is C=C(C(=O)O)C(COc1ccc(Br)cc1)CSc1ccc(Br)cc1. The summed E-state index contributed by atoms with van der Waals surface area (Å²) in [5.41, 5.74) is 0.164. The van der Waals surface area contributed by atoms with Crippen molar-refractivity contribution in [2.24, 2.45) is 5.92 Å². The molecule has 1 N–H and O–H groups in total. The molecule has 0 aromatic heterocycles. The van der Waals surface area contributed by atoms with Crippen LogP contribution in [0.2, 0.25) is 0 Å². The van der Waals surface area contributed by atoms with Gasteiger partial charge in [-0.3, -0.25) is 0 Å². The van der Waals surface area contributed by atoms with Gasteiger partial charge in [0, 0.05) is 31.1 Å². The summed E-state index contributed by atoms with van der Waals surface area (Å²) in [5, 5.41) is 9.24. The fourth-order valence-electron chi connectivity index (χ4n) is 1.88. The van der Waals surface area contributed by atoms with Crippen molar-refractivity contribution in [3.63, 3.8) is 0 Å². The van der Waals surface area contributed by atoms with Crippen LogP contribution in [0.25, 0.3) is 0 Å². The number of aliphatic carboxylic acids is 1. The van der Waals surface area contributed by atoms with Crippen LogP contribution >= 0.6 is 43.6 Å². The molecule has 1 atom stereocenters. The molecule has 0 radical (unpaired) electrons. The van der Waals surface area contributed by atoms with Crippen LogP contribution < -0.4 is 4.74 Å². The molecule has 24 heavy (non-hydrogen) atoms. The zero-order chi connectivity index (χ0) is 17.5. The molecule has 0 aliphatic rings. The lowest BCUT2D eigenvalue weighted by atomic mass is 10.0. The summed E-state index contributed by atoms with van der Waals surface area (Å²) in [7, 11) is 0. The summed E-state index contributed by atoms with van der Waals surface area (Å²) in [6.07, 6.45) is 0. The molecule has 2 aromatic rings. The minimum absolute atomic E-state index is 0.164. The highest BCUT2D eigenvalue weighted by Gasteiger charge is 2.20. The average Bonchev–Trinajstić information content (AvgIpc) is 2.57. The molecule has 2 aromatic carbocycles. The van der Waals surface area contributed by atoms with E-state index < -0.39 is 5.97 Å². The van der Waals surface area contributed by atoms with E-state index >= 15 is 0 Å². The van der Waals surface area contributed by atoms with E-state index in [2.05, 4.69) is 38.4 Å². The number of carbonyl (C=O) groups is 1. The van der Waals surface area contributed by atoms with E-state index in [9.17, 15) is 9.90 Å². The maximum Gasteiger partial charge on any atom is 0.331 e. The second kappa shape index (κ2) is 9.30. The predicted octanol–water partition coefficient (Wildman–Crippen LogP) is 5.64. The van der Waals surface area contributed by atoms with Gasteiger partial charge in [-0.2, -0.15) is 0 Å². The van der Waals surface area contributed by atoms with Crippen molar-refractivity contribution in [1.82, 2.24) is 0 Å². The topological polar surface area (TPSA) is 46.5 Å². The van der Waals surface area contributed by atoms with Gasteiger partial charge in [0.15, 0.2) is 0 Å². The summed E-state index contributed by atoms with van der Waals surface area (Å²) < 4.78 is 7.71. The number of halogens is 2. The molecule has 0 aliphatic carbocycles. The number of carboxylic acid groups (broad SMARTS) is 1. The Bertz CT molecular complexity index is 650. The molecule has 1 unspecified atom stereocenters. The molecule has 2 rings (SSSR count). The first kappa shape index (κ1) is 19.1. The Morgan fingerprint density at radius 1 is 1.08 bits per heavy atom. The molecular formula is C18H16Br2O3S. The maximum atomic E-state index is 11.3. The highest BCUT2D eigenvalue weighted by atomic mass is 79.9. The predicted molar refractivity (Wildman–Crippen MR) is 105 cm³/mol. The van der Waals surface area contributed by atoms with Crippen molar-refractivity contribution in [3.8, 4) is 5.75 Å². The third-order valence-corrected chi connectivity index (χ3v) is 5.53. The van der Waals surface area contributed by atoms with Crippen molar-refractivity contribution in [3.05, 3.63) is 69.6 Å². The number of hydrogen-bond donors (Lipinski definition) is 1. The lowest BCUT2D eigenvalue weighted by Crippen LogP contribution is -2.21. The summed E-state index contributed by atoms with van der Waals surface area (Å²) >= 11 is 8.36. The standard InChI is InChI=1S/C18H16Br2O3S/c1-12(18(21)22)13(10-23-16-6-2-14(19)3-7-16)11-24-17-8-4-15(20)5-9-17/h2-9,13H,1,10-11H2,(H,21,22). The first-order valence-electron chi connectivity index (χ1n) is 7.14. The molecule has 0 fully saturated rings. The van der Waals surface area contributed by atoms with Crippen molar-refractivity contribution in [2.45, 2.75) is 4.90 Å². The van der Waals surface area contributed by atoms with Crippen molar-refractivity contribution in [1.29, 1.82) is 0 Å². The van der Waals surface area contributed by atoms with Crippen molar-refractivity contribution >= 4 is 49.6 Å². The molecule has 0 aliphatic heterocycles. The average molecular weight is 472 g/mol. The van der Waals surface area contributed by atoms with Gasteiger partial charge in [0.2, 0.25) is 0 Å². The molecule has 6 heteroatoms. The second-order valence-corrected chi connectivity index (χ2v) is 7.98. The highest BCUT2D eigenvalue weighted by molar-refractivity contribution is 9.10. The number of thioether (sulfide) groups is 1. The van der Waals surface area contributed by atoms with Crippen LogP contribution in [0.5, 0.6) is 5.75 Å². The van der Waals surface area contributed by atoms with Gasteiger partial charge in [0.25, 0.3) is 0 Å². The quantitative estimate of drug-likeness (QED) is 0.399. The largest absolute Gasteiger partial charge is 0.493 e. The van der Waals surface area contributed by atoms with E-state index in [1.54, 1.807) is 11.8 Å². The number of rotatable bonds is 8. The van der Waals surface area contributed by atoms with Crippen LogP contribution in [0.4, 0.5) is 0 Å².